The first kappa shape index (κ1) is 10.3. The summed E-state index contributed by atoms with van der Waals surface area (Å²) in [4.78, 5) is 4.49. The van der Waals surface area contributed by atoms with Gasteiger partial charge < -0.3 is 5.21 Å². The van der Waals surface area contributed by atoms with Crippen molar-refractivity contribution in [2.45, 2.75) is 6.92 Å². The van der Waals surface area contributed by atoms with Gasteiger partial charge in [-0.25, -0.2) is 4.98 Å². The van der Waals surface area contributed by atoms with E-state index in [-0.39, 0.29) is 0 Å². The van der Waals surface area contributed by atoms with Crippen LogP contribution < -0.4 is 4.73 Å². The van der Waals surface area contributed by atoms with Crippen molar-refractivity contribution in [1.29, 1.82) is 0 Å². The molecule has 0 aliphatic rings. The van der Waals surface area contributed by atoms with Crippen molar-refractivity contribution in [3.05, 3.63) is 52.2 Å². The Hall–Kier alpha value is -1.87. The van der Waals surface area contributed by atoms with Crippen molar-refractivity contribution in [1.82, 2.24) is 4.98 Å². The Balaban J connectivity index is 2.57. The van der Waals surface area contributed by atoms with Gasteiger partial charge in [0.15, 0.2) is 0 Å². The number of hydrogen-bond acceptors (Lipinski definition) is 2. The fraction of sp³-hybridized carbons (Fsp3) is 0.0769. The summed E-state index contributed by atoms with van der Waals surface area (Å²) in [6, 6.07) is 10.7. The molecular formula is C13H9ClN2O. The third-order valence-electron chi connectivity index (χ3n) is 2.82. The molecule has 3 nitrogen and oxygen atoms in total. The first-order chi connectivity index (χ1) is 8.16. The molecule has 0 saturated heterocycles. The van der Waals surface area contributed by atoms with E-state index >= 15 is 0 Å². The normalized spacial score (nSPS) is 11.2. The van der Waals surface area contributed by atoms with Gasteiger partial charge in [-0.2, -0.15) is 4.73 Å². The molecule has 0 spiro atoms. The highest BCUT2D eigenvalue weighted by molar-refractivity contribution is 6.31. The number of fused-ring (bicyclic) bond motifs is 2. The number of aromatic nitrogens is 2. The van der Waals surface area contributed by atoms with E-state index in [1.54, 1.807) is 24.3 Å². The SMILES string of the molecule is Cc1cccc2c1nc1cc(Cl)ccc1[n+]2[O-]. The molecule has 0 fully saturated rings. The molecule has 4 heteroatoms. The van der Waals surface area contributed by atoms with Crippen molar-refractivity contribution in [3.8, 4) is 0 Å². The Morgan fingerprint density at radius 2 is 2.00 bits per heavy atom. The summed E-state index contributed by atoms with van der Waals surface area (Å²) >= 11 is 5.91. The fourth-order valence-corrected chi connectivity index (χ4v) is 2.13. The van der Waals surface area contributed by atoms with Crippen LogP contribution in [0.2, 0.25) is 5.02 Å². The predicted molar refractivity (Wildman–Crippen MR) is 68.0 cm³/mol. The molecule has 1 aromatic heterocycles. The molecule has 84 valence electrons. The van der Waals surface area contributed by atoms with Gasteiger partial charge in [-0.1, -0.05) is 23.7 Å². The zero-order chi connectivity index (χ0) is 12.0. The van der Waals surface area contributed by atoms with Crippen LogP contribution in [0.4, 0.5) is 0 Å². The van der Waals surface area contributed by atoms with Crippen LogP contribution in [0.1, 0.15) is 5.56 Å². The lowest BCUT2D eigenvalue weighted by molar-refractivity contribution is -0.548. The molecule has 0 aliphatic carbocycles. The summed E-state index contributed by atoms with van der Waals surface area (Å²) < 4.78 is 0.904. The van der Waals surface area contributed by atoms with Crippen LogP contribution in [0.15, 0.2) is 36.4 Å². The molecule has 0 aliphatic heterocycles. The maximum absolute atomic E-state index is 12.2. The Bertz CT molecular complexity index is 740. The van der Waals surface area contributed by atoms with Gasteiger partial charge in [-0.05, 0) is 24.6 Å². The van der Waals surface area contributed by atoms with E-state index in [0.717, 1.165) is 15.8 Å². The number of rotatable bonds is 0. The fourth-order valence-electron chi connectivity index (χ4n) is 1.96. The van der Waals surface area contributed by atoms with Crippen LogP contribution in [0.3, 0.4) is 0 Å². The average Bonchev–Trinajstić information content (AvgIpc) is 2.30. The zero-order valence-corrected chi connectivity index (χ0v) is 9.90. The third-order valence-corrected chi connectivity index (χ3v) is 3.06. The van der Waals surface area contributed by atoms with Crippen LogP contribution >= 0.6 is 11.6 Å². The van der Waals surface area contributed by atoms with E-state index in [1.807, 2.05) is 19.1 Å². The molecule has 0 bridgehead atoms. The smallest absolute Gasteiger partial charge is 0.243 e. The number of aryl methyl sites for hydroxylation is 1. The number of hydrogen-bond donors (Lipinski definition) is 0. The number of benzene rings is 2. The third kappa shape index (κ3) is 1.51. The van der Waals surface area contributed by atoms with E-state index in [9.17, 15) is 5.21 Å². The second-order valence-corrected chi connectivity index (χ2v) is 4.42. The number of nitrogens with zero attached hydrogens (tertiary/aromatic N) is 2. The first-order valence-electron chi connectivity index (χ1n) is 5.25. The summed E-state index contributed by atoms with van der Waals surface area (Å²) in [6.45, 7) is 1.94. The molecular weight excluding hydrogens is 236 g/mol. The topological polar surface area (TPSA) is 39.8 Å². The zero-order valence-electron chi connectivity index (χ0n) is 9.14. The summed E-state index contributed by atoms with van der Waals surface area (Å²) in [5, 5.41) is 12.8. The molecule has 1 heterocycles. The van der Waals surface area contributed by atoms with Gasteiger partial charge in [0.05, 0.1) is 0 Å². The highest BCUT2D eigenvalue weighted by Gasteiger charge is 2.13. The van der Waals surface area contributed by atoms with E-state index in [1.165, 1.54) is 0 Å². The molecule has 17 heavy (non-hydrogen) atoms. The lowest BCUT2D eigenvalue weighted by Crippen LogP contribution is -2.28. The van der Waals surface area contributed by atoms with Crippen LogP contribution in [-0.4, -0.2) is 4.98 Å². The van der Waals surface area contributed by atoms with Crippen LogP contribution in [0, 0.1) is 12.1 Å². The Morgan fingerprint density at radius 3 is 2.82 bits per heavy atom. The molecule has 0 amide bonds. The maximum atomic E-state index is 12.2. The highest BCUT2D eigenvalue weighted by atomic mass is 35.5. The van der Waals surface area contributed by atoms with Gasteiger partial charge >= 0.3 is 0 Å². The number of para-hydroxylation sites is 1. The minimum absolute atomic E-state index is 0.535. The van der Waals surface area contributed by atoms with Crippen molar-refractivity contribution < 1.29 is 4.73 Å². The van der Waals surface area contributed by atoms with E-state index < -0.39 is 0 Å². The summed E-state index contributed by atoms with van der Waals surface area (Å²) in [5.74, 6) is 0. The molecule has 0 saturated carbocycles. The second kappa shape index (κ2) is 3.57. The summed E-state index contributed by atoms with van der Waals surface area (Å²) in [5.41, 5.74) is 3.44. The highest BCUT2D eigenvalue weighted by Crippen LogP contribution is 2.19. The van der Waals surface area contributed by atoms with Gasteiger partial charge in [0.2, 0.25) is 11.0 Å². The van der Waals surface area contributed by atoms with E-state index in [4.69, 9.17) is 11.6 Å². The minimum Gasteiger partial charge on any atom is -0.618 e. The van der Waals surface area contributed by atoms with E-state index in [2.05, 4.69) is 4.98 Å². The van der Waals surface area contributed by atoms with Gasteiger partial charge in [-0.3, -0.25) is 0 Å². The van der Waals surface area contributed by atoms with Gasteiger partial charge in [-0.15, -0.1) is 0 Å². The van der Waals surface area contributed by atoms with Crippen LogP contribution in [0.5, 0.6) is 0 Å². The first-order valence-corrected chi connectivity index (χ1v) is 5.63. The Morgan fingerprint density at radius 1 is 1.18 bits per heavy atom. The van der Waals surface area contributed by atoms with Gasteiger partial charge in [0.25, 0.3) is 0 Å². The average molecular weight is 245 g/mol. The molecule has 0 N–H and O–H groups in total. The quantitative estimate of drug-likeness (QED) is 0.346. The summed E-state index contributed by atoms with van der Waals surface area (Å²) in [6.07, 6.45) is 0. The lowest BCUT2D eigenvalue weighted by atomic mass is 10.2. The van der Waals surface area contributed by atoms with Crippen molar-refractivity contribution in [2.24, 2.45) is 0 Å². The Labute approximate surface area is 103 Å². The summed E-state index contributed by atoms with van der Waals surface area (Å²) in [7, 11) is 0. The Kier molecular flexibility index (Phi) is 2.16. The minimum atomic E-state index is 0.535. The monoisotopic (exact) mass is 244 g/mol. The van der Waals surface area contributed by atoms with Crippen molar-refractivity contribution in [3.63, 3.8) is 0 Å². The molecule has 0 unspecified atom stereocenters. The molecule has 0 radical (unpaired) electrons. The van der Waals surface area contributed by atoms with Crippen LogP contribution in [-0.2, 0) is 0 Å². The maximum Gasteiger partial charge on any atom is 0.243 e. The predicted octanol–water partition coefficient (Wildman–Crippen LogP) is 2.98. The van der Waals surface area contributed by atoms with Gasteiger partial charge in [0, 0.05) is 17.2 Å². The molecule has 0 atom stereocenters. The molecule has 3 rings (SSSR count). The standard InChI is InChI=1S/C13H9ClN2O/c1-8-3-2-4-12-13(8)15-10-7-9(14)5-6-11(10)16(12)17/h2-7H,1H3. The molecule has 3 aromatic rings. The lowest BCUT2D eigenvalue weighted by Gasteiger charge is -2.06. The molecule has 2 aromatic carbocycles. The largest absolute Gasteiger partial charge is 0.618 e. The second-order valence-electron chi connectivity index (χ2n) is 3.98. The van der Waals surface area contributed by atoms with Crippen molar-refractivity contribution >= 4 is 33.7 Å². The van der Waals surface area contributed by atoms with Crippen molar-refractivity contribution in [2.75, 3.05) is 0 Å². The van der Waals surface area contributed by atoms with E-state index in [0.29, 0.717) is 21.6 Å². The number of halogens is 1. The van der Waals surface area contributed by atoms with Gasteiger partial charge in [0.1, 0.15) is 11.0 Å². The van der Waals surface area contributed by atoms with Crippen LogP contribution in [0.25, 0.3) is 22.1 Å².